The van der Waals surface area contributed by atoms with Gasteiger partial charge in [-0.25, -0.2) is 4.79 Å². The molecule has 116 valence electrons. The van der Waals surface area contributed by atoms with E-state index in [1.165, 1.54) is 0 Å². The first-order valence-electron chi connectivity index (χ1n) is 7.29. The predicted molar refractivity (Wildman–Crippen MR) is 84.6 cm³/mol. The standard InChI is InChI=1S/C16H17NO4S/c1-2-21-13(18)7-6-11-10-4-3-5-12-14(10)17(8-9-22-12)15(11)16(19)20/h3-5H,2,6-9H2,1H3,(H,19,20). The molecule has 0 saturated heterocycles. The number of hydrogen-bond acceptors (Lipinski definition) is 4. The fraction of sp³-hybridized carbons (Fsp3) is 0.375. The van der Waals surface area contributed by atoms with Gasteiger partial charge in [-0.1, -0.05) is 12.1 Å². The van der Waals surface area contributed by atoms with E-state index in [0.29, 0.717) is 25.3 Å². The van der Waals surface area contributed by atoms with Gasteiger partial charge >= 0.3 is 11.9 Å². The topological polar surface area (TPSA) is 68.5 Å². The van der Waals surface area contributed by atoms with Crippen molar-refractivity contribution in [2.24, 2.45) is 0 Å². The van der Waals surface area contributed by atoms with Crippen LogP contribution in [0.3, 0.4) is 0 Å². The number of ether oxygens (including phenoxy) is 1. The van der Waals surface area contributed by atoms with Gasteiger partial charge in [0.2, 0.25) is 0 Å². The van der Waals surface area contributed by atoms with Crippen LogP contribution in [0.5, 0.6) is 0 Å². The number of rotatable bonds is 5. The number of carbonyl (C=O) groups excluding carboxylic acids is 1. The average molecular weight is 319 g/mol. The molecule has 5 nitrogen and oxygen atoms in total. The molecule has 1 N–H and O–H groups in total. The number of carbonyl (C=O) groups is 2. The first kappa shape index (κ1) is 15.0. The minimum absolute atomic E-state index is 0.199. The van der Waals surface area contributed by atoms with Gasteiger partial charge in [0.15, 0.2) is 0 Å². The summed E-state index contributed by atoms with van der Waals surface area (Å²) in [7, 11) is 0. The molecule has 3 rings (SSSR count). The minimum atomic E-state index is -0.937. The van der Waals surface area contributed by atoms with E-state index in [1.54, 1.807) is 18.7 Å². The summed E-state index contributed by atoms with van der Waals surface area (Å²) in [5.41, 5.74) is 2.03. The third-order valence-electron chi connectivity index (χ3n) is 3.81. The van der Waals surface area contributed by atoms with Gasteiger partial charge in [-0.05, 0) is 25.0 Å². The second kappa shape index (κ2) is 6.04. The molecule has 22 heavy (non-hydrogen) atoms. The summed E-state index contributed by atoms with van der Waals surface area (Å²) in [6.07, 6.45) is 0.586. The Hall–Kier alpha value is -1.95. The molecule has 1 aliphatic heterocycles. The fourth-order valence-corrected chi connectivity index (χ4v) is 4.02. The Morgan fingerprint density at radius 1 is 1.41 bits per heavy atom. The maximum Gasteiger partial charge on any atom is 0.352 e. The number of thioether (sulfide) groups is 1. The van der Waals surface area contributed by atoms with E-state index in [1.807, 2.05) is 22.8 Å². The van der Waals surface area contributed by atoms with E-state index >= 15 is 0 Å². The summed E-state index contributed by atoms with van der Waals surface area (Å²) < 4.78 is 6.83. The molecule has 6 heteroatoms. The van der Waals surface area contributed by atoms with Gasteiger partial charge in [-0.15, -0.1) is 11.8 Å². The average Bonchev–Trinajstić information content (AvgIpc) is 2.82. The SMILES string of the molecule is CCOC(=O)CCc1c(C(=O)O)n2c3c(cccc13)SCC2. The number of hydrogen-bond donors (Lipinski definition) is 1. The summed E-state index contributed by atoms with van der Waals surface area (Å²) in [4.78, 5) is 24.4. The molecule has 0 amide bonds. The third kappa shape index (κ3) is 2.47. The van der Waals surface area contributed by atoms with Crippen molar-refractivity contribution in [3.8, 4) is 0 Å². The van der Waals surface area contributed by atoms with Gasteiger partial charge < -0.3 is 14.4 Å². The van der Waals surface area contributed by atoms with E-state index in [0.717, 1.165) is 27.1 Å². The van der Waals surface area contributed by atoms with Gasteiger partial charge in [-0.3, -0.25) is 4.79 Å². The Labute approximate surface area is 132 Å². The molecule has 0 radical (unpaired) electrons. The van der Waals surface area contributed by atoms with Gasteiger partial charge in [0.25, 0.3) is 0 Å². The van der Waals surface area contributed by atoms with E-state index in [-0.39, 0.29) is 12.4 Å². The molecule has 0 bridgehead atoms. The number of aromatic nitrogens is 1. The summed E-state index contributed by atoms with van der Waals surface area (Å²) in [5.74, 6) is -0.369. The molecule has 2 heterocycles. The second-order valence-corrected chi connectivity index (χ2v) is 6.23. The van der Waals surface area contributed by atoms with Crippen molar-refractivity contribution in [3.05, 3.63) is 29.5 Å². The normalized spacial score (nSPS) is 13.3. The van der Waals surface area contributed by atoms with E-state index in [4.69, 9.17) is 4.74 Å². The molecule has 0 unspecified atom stereocenters. The highest BCUT2D eigenvalue weighted by Crippen LogP contribution is 2.38. The summed E-state index contributed by atoms with van der Waals surface area (Å²) >= 11 is 1.74. The molecule has 0 fully saturated rings. The highest BCUT2D eigenvalue weighted by molar-refractivity contribution is 7.99. The minimum Gasteiger partial charge on any atom is -0.477 e. The third-order valence-corrected chi connectivity index (χ3v) is 4.84. The van der Waals surface area contributed by atoms with Gasteiger partial charge in [0.1, 0.15) is 5.69 Å². The molecule has 2 aromatic rings. The van der Waals surface area contributed by atoms with Crippen LogP contribution in [-0.2, 0) is 22.5 Å². The highest BCUT2D eigenvalue weighted by atomic mass is 32.2. The second-order valence-electron chi connectivity index (χ2n) is 5.09. The van der Waals surface area contributed by atoms with Crippen molar-refractivity contribution < 1.29 is 19.4 Å². The Balaban J connectivity index is 2.08. The first-order chi connectivity index (χ1) is 10.6. The first-order valence-corrected chi connectivity index (χ1v) is 8.27. The van der Waals surface area contributed by atoms with Crippen LogP contribution in [0.4, 0.5) is 0 Å². The van der Waals surface area contributed by atoms with Crippen LogP contribution in [0.2, 0.25) is 0 Å². The highest BCUT2D eigenvalue weighted by Gasteiger charge is 2.26. The van der Waals surface area contributed by atoms with Crippen molar-refractivity contribution in [2.75, 3.05) is 12.4 Å². The lowest BCUT2D eigenvalue weighted by Crippen LogP contribution is -2.14. The lowest BCUT2D eigenvalue weighted by molar-refractivity contribution is -0.143. The van der Waals surface area contributed by atoms with Crippen LogP contribution in [0.25, 0.3) is 10.9 Å². The summed E-state index contributed by atoms with van der Waals surface area (Å²) in [6.45, 7) is 2.78. The number of carboxylic acid groups (broad SMARTS) is 1. The summed E-state index contributed by atoms with van der Waals surface area (Å²) in [5, 5.41) is 10.6. The lowest BCUT2D eigenvalue weighted by Gasteiger charge is -2.16. The smallest absolute Gasteiger partial charge is 0.352 e. The van der Waals surface area contributed by atoms with Crippen LogP contribution in [0, 0.1) is 0 Å². The molecule has 0 saturated carbocycles. The zero-order valence-corrected chi connectivity index (χ0v) is 13.1. The Morgan fingerprint density at radius 2 is 2.23 bits per heavy atom. The molecular formula is C16H17NO4S. The number of esters is 1. The summed E-state index contributed by atoms with van der Waals surface area (Å²) in [6, 6.07) is 5.90. The van der Waals surface area contributed by atoms with E-state index in [9.17, 15) is 14.7 Å². The number of carboxylic acids is 1. The van der Waals surface area contributed by atoms with Gasteiger partial charge in [0, 0.05) is 29.0 Å². The van der Waals surface area contributed by atoms with Crippen LogP contribution >= 0.6 is 11.8 Å². The number of para-hydroxylation sites is 1. The molecule has 0 atom stereocenters. The van der Waals surface area contributed by atoms with Crippen LogP contribution in [0.15, 0.2) is 23.1 Å². The lowest BCUT2D eigenvalue weighted by atomic mass is 10.1. The monoisotopic (exact) mass is 319 g/mol. The maximum atomic E-state index is 11.7. The van der Waals surface area contributed by atoms with Crippen molar-refractivity contribution in [3.63, 3.8) is 0 Å². The molecule has 1 aliphatic rings. The Kier molecular flexibility index (Phi) is 4.11. The molecule has 1 aromatic heterocycles. The number of aromatic carboxylic acids is 1. The van der Waals surface area contributed by atoms with E-state index < -0.39 is 5.97 Å². The Morgan fingerprint density at radius 3 is 2.95 bits per heavy atom. The number of nitrogens with zero attached hydrogens (tertiary/aromatic N) is 1. The molecule has 0 spiro atoms. The zero-order chi connectivity index (χ0) is 15.7. The molecule has 0 aliphatic carbocycles. The van der Waals surface area contributed by atoms with Crippen molar-refractivity contribution in [1.82, 2.24) is 4.57 Å². The number of aryl methyl sites for hydroxylation is 2. The maximum absolute atomic E-state index is 11.7. The quantitative estimate of drug-likeness (QED) is 0.858. The van der Waals surface area contributed by atoms with Crippen LogP contribution in [0.1, 0.15) is 29.4 Å². The predicted octanol–water partition coefficient (Wildman–Crippen LogP) is 2.94. The molecule has 1 aromatic carbocycles. The van der Waals surface area contributed by atoms with Gasteiger partial charge in [0.05, 0.1) is 12.1 Å². The van der Waals surface area contributed by atoms with E-state index in [2.05, 4.69) is 0 Å². The van der Waals surface area contributed by atoms with Crippen LogP contribution < -0.4 is 0 Å². The van der Waals surface area contributed by atoms with Crippen molar-refractivity contribution >= 4 is 34.6 Å². The Bertz CT molecular complexity index is 750. The number of benzene rings is 1. The van der Waals surface area contributed by atoms with Crippen molar-refractivity contribution in [1.29, 1.82) is 0 Å². The van der Waals surface area contributed by atoms with Crippen LogP contribution in [-0.4, -0.2) is 34.0 Å². The fourth-order valence-electron chi connectivity index (χ4n) is 2.99. The van der Waals surface area contributed by atoms with Gasteiger partial charge in [-0.2, -0.15) is 0 Å². The zero-order valence-electron chi connectivity index (χ0n) is 12.3. The largest absolute Gasteiger partial charge is 0.477 e. The molecular weight excluding hydrogens is 302 g/mol. The van der Waals surface area contributed by atoms with Crippen molar-refractivity contribution in [2.45, 2.75) is 31.2 Å².